The molecule has 0 atom stereocenters. The summed E-state index contributed by atoms with van der Waals surface area (Å²) in [5, 5.41) is 2.59. The molecule has 8 heteroatoms. The van der Waals surface area contributed by atoms with E-state index in [9.17, 15) is 14.0 Å². The lowest BCUT2D eigenvalue weighted by Crippen LogP contribution is -2.20. The molecule has 0 aliphatic carbocycles. The Morgan fingerprint density at radius 1 is 0.875 bits per heavy atom. The number of hydrogen-bond donors (Lipinski definition) is 1. The maximum Gasteiger partial charge on any atom is 0.338 e. The fourth-order valence-corrected chi connectivity index (χ4v) is 2.74. The fourth-order valence-electron chi connectivity index (χ4n) is 2.74. The highest BCUT2D eigenvalue weighted by Gasteiger charge is 2.14. The number of nitrogens with one attached hydrogen (secondary N) is 1. The van der Waals surface area contributed by atoms with E-state index in [1.54, 1.807) is 31.4 Å². The van der Waals surface area contributed by atoms with Crippen LogP contribution < -0.4 is 19.5 Å². The van der Waals surface area contributed by atoms with Gasteiger partial charge in [0.2, 0.25) is 0 Å². The second kappa shape index (κ2) is 10.8. The molecule has 0 bridgehead atoms. The fraction of sp³-hybridized carbons (Fsp3) is 0.167. The molecule has 0 aliphatic rings. The minimum Gasteiger partial charge on any atom is -0.497 e. The first-order valence-corrected chi connectivity index (χ1v) is 9.65. The van der Waals surface area contributed by atoms with Crippen LogP contribution in [-0.2, 0) is 16.1 Å². The van der Waals surface area contributed by atoms with Crippen molar-refractivity contribution in [3.8, 4) is 17.2 Å². The summed E-state index contributed by atoms with van der Waals surface area (Å²) in [6.45, 7) is -0.193. The minimum atomic E-state index is -0.528. The zero-order valence-corrected chi connectivity index (χ0v) is 17.6. The molecule has 3 aromatic carbocycles. The Hall–Kier alpha value is -4.07. The first-order valence-electron chi connectivity index (χ1n) is 9.65. The van der Waals surface area contributed by atoms with Gasteiger partial charge in [-0.2, -0.15) is 0 Å². The molecule has 1 N–H and O–H groups in total. The largest absolute Gasteiger partial charge is 0.497 e. The van der Waals surface area contributed by atoms with Crippen LogP contribution in [0.2, 0.25) is 0 Å². The van der Waals surface area contributed by atoms with Gasteiger partial charge in [0, 0.05) is 5.69 Å². The summed E-state index contributed by atoms with van der Waals surface area (Å²) in [5.74, 6) is -0.0772. The number of ether oxygens (including phenoxy) is 4. The van der Waals surface area contributed by atoms with Crippen molar-refractivity contribution >= 4 is 17.6 Å². The molecule has 7 nitrogen and oxygen atoms in total. The Labute approximate surface area is 184 Å². The average molecular weight is 439 g/mol. The lowest BCUT2D eigenvalue weighted by atomic mass is 10.2. The second-order valence-corrected chi connectivity index (χ2v) is 6.63. The Balaban J connectivity index is 1.56. The van der Waals surface area contributed by atoms with Crippen molar-refractivity contribution in [3.63, 3.8) is 0 Å². The Morgan fingerprint density at radius 3 is 2.25 bits per heavy atom. The van der Waals surface area contributed by atoms with Crippen LogP contribution in [0.3, 0.4) is 0 Å². The number of carbonyl (C=O) groups is 2. The zero-order chi connectivity index (χ0) is 22.9. The van der Waals surface area contributed by atoms with E-state index in [-0.39, 0.29) is 30.3 Å². The van der Waals surface area contributed by atoms with Gasteiger partial charge < -0.3 is 24.3 Å². The number of benzene rings is 3. The maximum absolute atomic E-state index is 12.9. The first-order chi connectivity index (χ1) is 15.5. The van der Waals surface area contributed by atoms with Crippen molar-refractivity contribution in [2.45, 2.75) is 6.61 Å². The van der Waals surface area contributed by atoms with Gasteiger partial charge in [-0.15, -0.1) is 0 Å². The van der Waals surface area contributed by atoms with Gasteiger partial charge in [-0.25, -0.2) is 9.18 Å². The smallest absolute Gasteiger partial charge is 0.338 e. The van der Waals surface area contributed by atoms with E-state index >= 15 is 0 Å². The number of hydrogen-bond acceptors (Lipinski definition) is 6. The Morgan fingerprint density at radius 2 is 1.59 bits per heavy atom. The van der Waals surface area contributed by atoms with Gasteiger partial charge in [0.1, 0.15) is 18.2 Å². The Kier molecular flexibility index (Phi) is 7.64. The second-order valence-electron chi connectivity index (χ2n) is 6.63. The van der Waals surface area contributed by atoms with E-state index in [1.807, 2.05) is 0 Å². The van der Waals surface area contributed by atoms with Crippen molar-refractivity contribution < 1.29 is 32.9 Å². The Bertz CT molecular complexity index is 1070. The molecule has 0 saturated heterocycles. The van der Waals surface area contributed by atoms with Crippen LogP contribution in [0.4, 0.5) is 10.1 Å². The summed E-state index contributed by atoms with van der Waals surface area (Å²) >= 11 is 0. The van der Waals surface area contributed by atoms with Crippen LogP contribution in [-0.4, -0.2) is 32.7 Å². The number of methoxy groups -OCH3 is 2. The van der Waals surface area contributed by atoms with E-state index < -0.39 is 17.7 Å². The van der Waals surface area contributed by atoms with Gasteiger partial charge in [-0.3, -0.25) is 4.79 Å². The zero-order valence-electron chi connectivity index (χ0n) is 17.6. The SMILES string of the molecule is COc1ccc(COC(=O)c2ccc(OCC(=O)Nc3ccc(F)cc3)c(OC)c2)cc1. The van der Waals surface area contributed by atoms with E-state index in [0.29, 0.717) is 11.4 Å². The number of halogens is 1. The molecule has 32 heavy (non-hydrogen) atoms. The van der Waals surface area contributed by atoms with E-state index in [4.69, 9.17) is 18.9 Å². The highest BCUT2D eigenvalue weighted by atomic mass is 19.1. The molecular weight excluding hydrogens is 417 g/mol. The number of anilines is 1. The maximum atomic E-state index is 12.9. The van der Waals surface area contributed by atoms with Gasteiger partial charge in [-0.1, -0.05) is 12.1 Å². The van der Waals surface area contributed by atoms with Crippen LogP contribution in [0, 0.1) is 5.82 Å². The van der Waals surface area contributed by atoms with Crippen molar-refractivity contribution in [2.75, 3.05) is 26.1 Å². The molecule has 0 unspecified atom stereocenters. The number of amides is 1. The van der Waals surface area contributed by atoms with Crippen molar-refractivity contribution in [1.29, 1.82) is 0 Å². The van der Waals surface area contributed by atoms with Gasteiger partial charge in [0.25, 0.3) is 5.91 Å². The molecular formula is C24H22FNO6. The third kappa shape index (κ3) is 6.21. The summed E-state index contributed by atoms with van der Waals surface area (Å²) < 4.78 is 34.1. The third-order valence-electron chi connectivity index (χ3n) is 4.42. The van der Waals surface area contributed by atoms with Crippen LogP contribution in [0.15, 0.2) is 66.7 Å². The first kappa shape index (κ1) is 22.6. The van der Waals surface area contributed by atoms with Crippen LogP contribution in [0.1, 0.15) is 15.9 Å². The molecule has 3 rings (SSSR count). The van der Waals surface area contributed by atoms with E-state index in [2.05, 4.69) is 5.32 Å². The van der Waals surface area contributed by atoms with Crippen LogP contribution in [0.25, 0.3) is 0 Å². The molecule has 0 heterocycles. The van der Waals surface area contributed by atoms with Crippen LogP contribution in [0.5, 0.6) is 17.2 Å². The number of carbonyl (C=O) groups excluding carboxylic acids is 2. The van der Waals surface area contributed by atoms with E-state index in [0.717, 1.165) is 5.56 Å². The van der Waals surface area contributed by atoms with E-state index in [1.165, 1.54) is 49.6 Å². The van der Waals surface area contributed by atoms with Gasteiger partial charge in [-0.05, 0) is 60.2 Å². The van der Waals surface area contributed by atoms with Crippen LogP contribution >= 0.6 is 0 Å². The molecule has 0 saturated carbocycles. The predicted molar refractivity (Wildman–Crippen MR) is 116 cm³/mol. The quantitative estimate of drug-likeness (QED) is 0.503. The third-order valence-corrected chi connectivity index (χ3v) is 4.42. The summed E-state index contributed by atoms with van der Waals surface area (Å²) in [4.78, 5) is 24.4. The molecule has 0 radical (unpaired) electrons. The molecule has 166 valence electrons. The number of esters is 1. The van der Waals surface area contributed by atoms with Crippen molar-refractivity contribution in [1.82, 2.24) is 0 Å². The lowest BCUT2D eigenvalue weighted by molar-refractivity contribution is -0.118. The molecule has 0 aliphatic heterocycles. The summed E-state index contributed by atoms with van der Waals surface area (Å²) in [5.41, 5.74) is 1.54. The highest BCUT2D eigenvalue weighted by molar-refractivity contribution is 5.92. The predicted octanol–water partition coefficient (Wildman–Crippen LogP) is 4.22. The molecule has 0 spiro atoms. The summed E-state index contributed by atoms with van der Waals surface area (Å²) in [6.07, 6.45) is 0. The van der Waals surface area contributed by atoms with Gasteiger partial charge in [0.15, 0.2) is 18.1 Å². The molecule has 0 aromatic heterocycles. The van der Waals surface area contributed by atoms with Gasteiger partial charge >= 0.3 is 5.97 Å². The minimum absolute atomic E-state index is 0.104. The van der Waals surface area contributed by atoms with Crippen molar-refractivity contribution in [3.05, 3.63) is 83.7 Å². The molecule has 1 amide bonds. The normalized spacial score (nSPS) is 10.2. The molecule has 0 fully saturated rings. The standard InChI is InChI=1S/C24H22FNO6/c1-29-20-10-3-16(4-11-20)14-32-24(28)17-5-12-21(22(13-17)30-2)31-15-23(27)26-19-8-6-18(25)7-9-19/h3-13H,14-15H2,1-2H3,(H,26,27). The lowest BCUT2D eigenvalue weighted by Gasteiger charge is -2.12. The number of rotatable bonds is 9. The summed E-state index contributed by atoms with van der Waals surface area (Å²) in [6, 6.07) is 17.1. The topological polar surface area (TPSA) is 83.1 Å². The summed E-state index contributed by atoms with van der Waals surface area (Å²) in [7, 11) is 3.00. The molecule has 3 aromatic rings. The monoisotopic (exact) mass is 439 g/mol. The highest BCUT2D eigenvalue weighted by Crippen LogP contribution is 2.28. The average Bonchev–Trinajstić information content (AvgIpc) is 2.82. The van der Waals surface area contributed by atoms with Gasteiger partial charge in [0.05, 0.1) is 19.8 Å². The van der Waals surface area contributed by atoms with Crippen molar-refractivity contribution in [2.24, 2.45) is 0 Å².